The van der Waals surface area contributed by atoms with Gasteiger partial charge in [-0.25, -0.2) is 0 Å². The first kappa shape index (κ1) is 8.18. The Morgan fingerprint density at radius 2 is 2.33 bits per heavy atom. The fraction of sp³-hybridized carbons (Fsp3) is 0.455. The van der Waals surface area contributed by atoms with E-state index in [0.717, 1.165) is 0 Å². The standard InChI is InChI=1S/C11H14S/c1-8(2)11-7-9-5-3-4-6-10(9)12-11/h3-4,6-9H,5H2,1-2H3. The van der Waals surface area contributed by atoms with Gasteiger partial charge >= 0.3 is 0 Å². The number of rotatable bonds is 1. The first-order valence-electron chi connectivity index (χ1n) is 4.53. The van der Waals surface area contributed by atoms with Crippen LogP contribution >= 0.6 is 11.8 Å². The maximum atomic E-state index is 2.44. The normalized spacial score (nSPS) is 27.1. The zero-order valence-corrected chi connectivity index (χ0v) is 8.40. The molecule has 0 saturated heterocycles. The van der Waals surface area contributed by atoms with Gasteiger partial charge in [0.1, 0.15) is 0 Å². The van der Waals surface area contributed by atoms with E-state index in [0.29, 0.717) is 11.8 Å². The van der Waals surface area contributed by atoms with Crippen molar-refractivity contribution < 1.29 is 0 Å². The van der Waals surface area contributed by atoms with Gasteiger partial charge in [-0.3, -0.25) is 0 Å². The number of thioether (sulfide) groups is 1. The van der Waals surface area contributed by atoms with Crippen molar-refractivity contribution in [2.75, 3.05) is 0 Å². The van der Waals surface area contributed by atoms with E-state index >= 15 is 0 Å². The highest BCUT2D eigenvalue weighted by molar-refractivity contribution is 8.07. The summed E-state index contributed by atoms with van der Waals surface area (Å²) in [6.07, 6.45) is 10.3. The predicted octanol–water partition coefficient (Wildman–Crippen LogP) is 3.73. The average molecular weight is 178 g/mol. The molecule has 0 aromatic carbocycles. The fourth-order valence-corrected chi connectivity index (χ4v) is 2.77. The molecule has 2 aliphatic rings. The number of hydrogen-bond acceptors (Lipinski definition) is 1. The van der Waals surface area contributed by atoms with E-state index in [9.17, 15) is 0 Å². The lowest BCUT2D eigenvalue weighted by molar-refractivity contribution is 0.778. The second-order valence-corrected chi connectivity index (χ2v) is 4.81. The molecule has 1 heteroatoms. The zero-order valence-electron chi connectivity index (χ0n) is 7.58. The number of fused-ring (bicyclic) bond motifs is 1. The Hall–Kier alpha value is -0.430. The second-order valence-electron chi connectivity index (χ2n) is 3.67. The van der Waals surface area contributed by atoms with E-state index in [1.54, 1.807) is 9.81 Å². The van der Waals surface area contributed by atoms with Gasteiger partial charge in [0.15, 0.2) is 0 Å². The highest BCUT2D eigenvalue weighted by atomic mass is 32.2. The minimum Gasteiger partial charge on any atom is -0.0984 e. The van der Waals surface area contributed by atoms with Gasteiger partial charge in [0.05, 0.1) is 0 Å². The lowest BCUT2D eigenvalue weighted by atomic mass is 9.99. The minimum atomic E-state index is 0.696. The molecule has 1 aliphatic heterocycles. The van der Waals surface area contributed by atoms with Crippen molar-refractivity contribution in [3.63, 3.8) is 0 Å². The summed E-state index contributed by atoms with van der Waals surface area (Å²) in [5, 5.41) is 0. The van der Waals surface area contributed by atoms with Gasteiger partial charge in [-0.05, 0) is 22.1 Å². The molecule has 0 spiro atoms. The molecule has 0 amide bonds. The first-order valence-corrected chi connectivity index (χ1v) is 5.35. The van der Waals surface area contributed by atoms with E-state index in [-0.39, 0.29) is 0 Å². The largest absolute Gasteiger partial charge is 0.0984 e. The van der Waals surface area contributed by atoms with Gasteiger partial charge in [-0.1, -0.05) is 49.9 Å². The van der Waals surface area contributed by atoms with Gasteiger partial charge in [0.2, 0.25) is 0 Å². The summed E-state index contributed by atoms with van der Waals surface area (Å²) in [6.45, 7) is 4.54. The van der Waals surface area contributed by atoms with Crippen molar-refractivity contribution in [3.8, 4) is 0 Å². The van der Waals surface area contributed by atoms with Crippen molar-refractivity contribution in [2.24, 2.45) is 11.8 Å². The smallest absolute Gasteiger partial charge is 0.0127 e. The van der Waals surface area contributed by atoms with Crippen LogP contribution in [0.2, 0.25) is 0 Å². The average Bonchev–Trinajstić information content (AvgIpc) is 2.46. The Balaban J connectivity index is 2.18. The summed E-state index contributed by atoms with van der Waals surface area (Å²) >= 11 is 1.97. The molecule has 64 valence electrons. The van der Waals surface area contributed by atoms with Gasteiger partial charge in [0, 0.05) is 5.92 Å². The molecular weight excluding hydrogens is 164 g/mol. The summed E-state index contributed by atoms with van der Waals surface area (Å²) in [6, 6.07) is 0. The van der Waals surface area contributed by atoms with E-state index in [1.165, 1.54) is 6.42 Å². The maximum absolute atomic E-state index is 2.44. The van der Waals surface area contributed by atoms with Crippen LogP contribution in [0.15, 0.2) is 34.1 Å². The monoisotopic (exact) mass is 178 g/mol. The summed E-state index contributed by atoms with van der Waals surface area (Å²) in [7, 11) is 0. The number of hydrogen-bond donors (Lipinski definition) is 0. The van der Waals surface area contributed by atoms with Gasteiger partial charge < -0.3 is 0 Å². The SMILES string of the molecule is CC(C)C1=CC2CC=CC=C2S1. The first-order chi connectivity index (χ1) is 5.77. The second kappa shape index (κ2) is 3.14. The number of allylic oxidation sites excluding steroid dienone is 6. The van der Waals surface area contributed by atoms with E-state index in [1.807, 2.05) is 11.8 Å². The Kier molecular flexibility index (Phi) is 2.14. The van der Waals surface area contributed by atoms with E-state index in [2.05, 4.69) is 38.2 Å². The lowest BCUT2D eigenvalue weighted by Crippen LogP contribution is -1.94. The van der Waals surface area contributed by atoms with Crippen LogP contribution in [-0.2, 0) is 0 Å². The van der Waals surface area contributed by atoms with Crippen LogP contribution in [0.5, 0.6) is 0 Å². The Bertz CT molecular complexity index is 269. The Labute approximate surface area is 78.4 Å². The highest BCUT2D eigenvalue weighted by Crippen LogP contribution is 2.45. The van der Waals surface area contributed by atoms with Crippen LogP contribution in [0.3, 0.4) is 0 Å². The Morgan fingerprint density at radius 3 is 3.00 bits per heavy atom. The zero-order chi connectivity index (χ0) is 8.55. The molecule has 0 aromatic heterocycles. The van der Waals surface area contributed by atoms with Crippen molar-refractivity contribution >= 4 is 11.8 Å². The predicted molar refractivity (Wildman–Crippen MR) is 55.8 cm³/mol. The topological polar surface area (TPSA) is 0 Å². The summed E-state index contributed by atoms with van der Waals surface area (Å²) in [5.74, 6) is 1.40. The third-order valence-corrected chi connectivity index (χ3v) is 3.84. The van der Waals surface area contributed by atoms with Crippen molar-refractivity contribution in [3.05, 3.63) is 34.1 Å². The summed E-state index contributed by atoms with van der Waals surface area (Å²) in [5.41, 5.74) is 0. The van der Waals surface area contributed by atoms with Crippen LogP contribution < -0.4 is 0 Å². The minimum absolute atomic E-state index is 0.696. The third kappa shape index (κ3) is 1.38. The fourth-order valence-electron chi connectivity index (χ4n) is 1.57. The van der Waals surface area contributed by atoms with Crippen LogP contribution in [0.1, 0.15) is 20.3 Å². The molecule has 0 fully saturated rings. The third-order valence-electron chi connectivity index (χ3n) is 2.32. The van der Waals surface area contributed by atoms with Crippen LogP contribution in [-0.4, -0.2) is 0 Å². The van der Waals surface area contributed by atoms with E-state index in [4.69, 9.17) is 0 Å². The molecule has 0 aromatic rings. The molecule has 2 rings (SSSR count). The molecular formula is C11H14S. The van der Waals surface area contributed by atoms with Gasteiger partial charge in [0.25, 0.3) is 0 Å². The quantitative estimate of drug-likeness (QED) is 0.589. The van der Waals surface area contributed by atoms with Gasteiger partial charge in [-0.2, -0.15) is 0 Å². The lowest BCUT2D eigenvalue weighted by Gasteiger charge is -2.09. The molecule has 0 nitrogen and oxygen atoms in total. The van der Waals surface area contributed by atoms with Crippen molar-refractivity contribution in [2.45, 2.75) is 20.3 Å². The molecule has 1 aliphatic carbocycles. The summed E-state index contributed by atoms with van der Waals surface area (Å²) in [4.78, 5) is 3.09. The van der Waals surface area contributed by atoms with Crippen LogP contribution in [0.4, 0.5) is 0 Å². The maximum Gasteiger partial charge on any atom is 0.0127 e. The molecule has 1 unspecified atom stereocenters. The molecule has 12 heavy (non-hydrogen) atoms. The van der Waals surface area contributed by atoms with Gasteiger partial charge in [-0.15, -0.1) is 0 Å². The summed E-state index contributed by atoms with van der Waals surface area (Å²) < 4.78 is 0. The molecule has 0 N–H and O–H groups in total. The molecule has 0 saturated carbocycles. The van der Waals surface area contributed by atoms with Crippen molar-refractivity contribution in [1.82, 2.24) is 0 Å². The van der Waals surface area contributed by atoms with Crippen molar-refractivity contribution in [1.29, 1.82) is 0 Å². The molecule has 1 atom stereocenters. The van der Waals surface area contributed by atoms with Crippen LogP contribution in [0.25, 0.3) is 0 Å². The molecule has 0 radical (unpaired) electrons. The highest BCUT2D eigenvalue weighted by Gasteiger charge is 2.23. The molecule has 0 bridgehead atoms. The molecule has 1 heterocycles. The van der Waals surface area contributed by atoms with Crippen LogP contribution in [0, 0.1) is 11.8 Å². The van der Waals surface area contributed by atoms with E-state index < -0.39 is 0 Å². The Morgan fingerprint density at radius 1 is 1.50 bits per heavy atom.